The van der Waals surface area contributed by atoms with Gasteiger partial charge in [0.25, 0.3) is 0 Å². The number of ether oxygens (including phenoxy) is 1. The van der Waals surface area contributed by atoms with E-state index in [-0.39, 0.29) is 23.8 Å². The Balaban J connectivity index is 2.19. The minimum atomic E-state index is -0.553. The Morgan fingerprint density at radius 2 is 2.25 bits per heavy atom. The molecule has 0 saturated heterocycles. The van der Waals surface area contributed by atoms with E-state index in [1.165, 1.54) is 18.3 Å². The molecule has 0 bridgehead atoms. The van der Waals surface area contributed by atoms with E-state index in [1.807, 2.05) is 0 Å². The first-order chi connectivity index (χ1) is 9.60. The highest BCUT2D eigenvalue weighted by atomic mass is 19.1. The highest BCUT2D eigenvalue weighted by molar-refractivity contribution is 5.93. The maximum atomic E-state index is 13.1. The van der Waals surface area contributed by atoms with Crippen molar-refractivity contribution >= 4 is 11.8 Å². The Bertz CT molecular complexity index is 632. The molecule has 0 aliphatic rings. The number of nitrogens with two attached hydrogens (primary N) is 1. The third-order valence-corrected chi connectivity index (χ3v) is 2.61. The van der Waals surface area contributed by atoms with Crippen LogP contribution in [0.3, 0.4) is 0 Å². The zero-order valence-electron chi connectivity index (χ0n) is 11.0. The van der Waals surface area contributed by atoms with Crippen LogP contribution in [-0.2, 0) is 11.2 Å². The Kier molecular flexibility index (Phi) is 4.24. The quantitative estimate of drug-likeness (QED) is 0.863. The van der Waals surface area contributed by atoms with Gasteiger partial charge in [0.2, 0.25) is 0 Å². The van der Waals surface area contributed by atoms with Gasteiger partial charge < -0.3 is 10.5 Å². The van der Waals surface area contributed by atoms with Gasteiger partial charge in [0.1, 0.15) is 23.0 Å². The second kappa shape index (κ2) is 6.10. The molecule has 0 radical (unpaired) electrons. The lowest BCUT2D eigenvalue weighted by atomic mass is 10.1. The number of hydrogen-bond donors (Lipinski definition) is 1. The lowest BCUT2D eigenvalue weighted by Gasteiger charge is -2.06. The van der Waals surface area contributed by atoms with Crippen molar-refractivity contribution in [2.45, 2.75) is 13.3 Å². The molecule has 2 aromatic rings. The van der Waals surface area contributed by atoms with E-state index in [4.69, 9.17) is 10.5 Å². The van der Waals surface area contributed by atoms with E-state index in [0.717, 1.165) is 5.56 Å². The molecule has 5 nitrogen and oxygen atoms in total. The first kappa shape index (κ1) is 13.9. The summed E-state index contributed by atoms with van der Waals surface area (Å²) in [7, 11) is 0. The second-order valence-corrected chi connectivity index (χ2v) is 4.11. The van der Waals surface area contributed by atoms with Crippen molar-refractivity contribution in [3.8, 4) is 0 Å². The molecular weight excluding hydrogens is 261 g/mol. The molecule has 2 N–H and O–H groups in total. The average molecular weight is 275 g/mol. The van der Waals surface area contributed by atoms with Gasteiger partial charge in [0.05, 0.1) is 6.61 Å². The Labute approximate surface area is 115 Å². The van der Waals surface area contributed by atoms with Gasteiger partial charge in [0, 0.05) is 12.6 Å². The fraction of sp³-hybridized carbons (Fsp3) is 0.214. The van der Waals surface area contributed by atoms with Crippen LogP contribution in [0.5, 0.6) is 0 Å². The van der Waals surface area contributed by atoms with Gasteiger partial charge in [-0.05, 0) is 24.6 Å². The predicted molar refractivity (Wildman–Crippen MR) is 71.6 cm³/mol. The summed E-state index contributed by atoms with van der Waals surface area (Å²) in [5.74, 6) is -0.396. The van der Waals surface area contributed by atoms with Crippen LogP contribution >= 0.6 is 0 Å². The van der Waals surface area contributed by atoms with E-state index in [0.29, 0.717) is 12.2 Å². The summed E-state index contributed by atoms with van der Waals surface area (Å²) >= 11 is 0. The zero-order valence-corrected chi connectivity index (χ0v) is 11.0. The highest BCUT2D eigenvalue weighted by Crippen LogP contribution is 2.12. The molecule has 0 aliphatic carbocycles. The van der Waals surface area contributed by atoms with Gasteiger partial charge in [-0.2, -0.15) is 0 Å². The van der Waals surface area contributed by atoms with Gasteiger partial charge in [-0.3, -0.25) is 0 Å². The van der Waals surface area contributed by atoms with Crippen LogP contribution in [0.1, 0.15) is 28.7 Å². The summed E-state index contributed by atoms with van der Waals surface area (Å²) in [5.41, 5.74) is 6.57. The van der Waals surface area contributed by atoms with Crippen molar-refractivity contribution < 1.29 is 13.9 Å². The summed E-state index contributed by atoms with van der Waals surface area (Å²) in [5, 5.41) is 0. The zero-order chi connectivity index (χ0) is 14.5. The van der Waals surface area contributed by atoms with Crippen LogP contribution in [0.2, 0.25) is 0 Å². The largest absolute Gasteiger partial charge is 0.462 e. The molecule has 0 fully saturated rings. The van der Waals surface area contributed by atoms with Gasteiger partial charge in [0.15, 0.2) is 0 Å². The van der Waals surface area contributed by atoms with Gasteiger partial charge in [-0.1, -0.05) is 12.1 Å². The van der Waals surface area contributed by atoms with Crippen molar-refractivity contribution in [1.29, 1.82) is 0 Å². The maximum Gasteiger partial charge on any atom is 0.343 e. The smallest absolute Gasteiger partial charge is 0.343 e. The number of carbonyl (C=O) groups excluding carboxylic acids is 1. The van der Waals surface area contributed by atoms with Crippen molar-refractivity contribution in [2.75, 3.05) is 12.3 Å². The Morgan fingerprint density at radius 3 is 2.90 bits per heavy atom. The first-order valence-corrected chi connectivity index (χ1v) is 6.13. The second-order valence-electron chi connectivity index (χ2n) is 4.11. The topological polar surface area (TPSA) is 78.1 Å². The molecule has 0 spiro atoms. The Morgan fingerprint density at radius 1 is 1.45 bits per heavy atom. The Hall–Kier alpha value is -2.50. The van der Waals surface area contributed by atoms with Crippen LogP contribution in [-0.4, -0.2) is 22.5 Å². The van der Waals surface area contributed by atoms with Crippen molar-refractivity contribution in [3.63, 3.8) is 0 Å². The molecule has 20 heavy (non-hydrogen) atoms. The number of nitrogen functional groups attached to an aromatic ring is 1. The molecule has 0 saturated carbocycles. The highest BCUT2D eigenvalue weighted by Gasteiger charge is 2.13. The molecule has 0 unspecified atom stereocenters. The summed E-state index contributed by atoms with van der Waals surface area (Å²) < 4.78 is 17.9. The number of halogens is 1. The van der Waals surface area contributed by atoms with Crippen molar-refractivity contribution in [1.82, 2.24) is 9.97 Å². The van der Waals surface area contributed by atoms with E-state index in [9.17, 15) is 9.18 Å². The molecule has 1 aromatic heterocycles. The number of aromatic nitrogens is 2. The monoisotopic (exact) mass is 275 g/mol. The van der Waals surface area contributed by atoms with Crippen LogP contribution in [0.4, 0.5) is 10.2 Å². The number of hydrogen-bond acceptors (Lipinski definition) is 5. The number of esters is 1. The fourth-order valence-corrected chi connectivity index (χ4v) is 1.71. The van der Waals surface area contributed by atoms with E-state index >= 15 is 0 Å². The summed E-state index contributed by atoms with van der Waals surface area (Å²) in [6, 6.07) is 6.14. The number of nitrogens with zero attached hydrogens (tertiary/aromatic N) is 2. The third-order valence-electron chi connectivity index (χ3n) is 2.61. The lowest BCUT2D eigenvalue weighted by Crippen LogP contribution is -2.12. The molecule has 0 amide bonds. The molecule has 0 atom stereocenters. The minimum Gasteiger partial charge on any atom is -0.462 e. The SMILES string of the molecule is CCOC(=O)c1cnc(Cc2cccc(F)c2)nc1N. The van der Waals surface area contributed by atoms with Crippen LogP contribution in [0.15, 0.2) is 30.5 Å². The number of carbonyl (C=O) groups is 1. The van der Waals surface area contributed by atoms with E-state index in [1.54, 1.807) is 19.1 Å². The van der Waals surface area contributed by atoms with E-state index in [2.05, 4.69) is 9.97 Å². The van der Waals surface area contributed by atoms with Crippen LogP contribution in [0, 0.1) is 5.82 Å². The van der Waals surface area contributed by atoms with Crippen LogP contribution in [0.25, 0.3) is 0 Å². The van der Waals surface area contributed by atoms with Crippen LogP contribution < -0.4 is 5.73 Å². The van der Waals surface area contributed by atoms with Gasteiger partial charge >= 0.3 is 5.97 Å². The molecule has 104 valence electrons. The standard InChI is InChI=1S/C14H14FN3O2/c1-2-20-14(19)11-8-17-12(18-13(11)16)7-9-4-3-5-10(15)6-9/h3-6,8H,2,7H2,1H3,(H2,16,17,18). The molecule has 2 rings (SSSR count). The lowest BCUT2D eigenvalue weighted by molar-refractivity contribution is 0.0526. The van der Waals surface area contributed by atoms with E-state index < -0.39 is 5.97 Å². The minimum absolute atomic E-state index is 0.0600. The average Bonchev–Trinajstić information content (AvgIpc) is 2.39. The molecule has 0 aliphatic heterocycles. The number of anilines is 1. The summed E-state index contributed by atoms with van der Waals surface area (Å²) in [6.07, 6.45) is 1.67. The molecule has 6 heteroatoms. The summed E-state index contributed by atoms with van der Waals surface area (Å²) in [4.78, 5) is 19.6. The predicted octanol–water partition coefficient (Wildman–Crippen LogP) is 1.97. The van der Waals surface area contributed by atoms with Gasteiger partial charge in [-0.25, -0.2) is 19.2 Å². The van der Waals surface area contributed by atoms with Gasteiger partial charge in [-0.15, -0.1) is 0 Å². The molecular formula is C14H14FN3O2. The number of rotatable bonds is 4. The third kappa shape index (κ3) is 3.28. The fourth-order valence-electron chi connectivity index (χ4n) is 1.71. The number of benzene rings is 1. The summed E-state index contributed by atoms with van der Waals surface area (Å²) in [6.45, 7) is 1.95. The van der Waals surface area contributed by atoms with Crippen molar-refractivity contribution in [3.05, 3.63) is 53.2 Å². The maximum absolute atomic E-state index is 13.1. The molecule has 1 heterocycles. The van der Waals surface area contributed by atoms with Crippen molar-refractivity contribution in [2.24, 2.45) is 0 Å². The first-order valence-electron chi connectivity index (χ1n) is 6.13. The normalized spacial score (nSPS) is 10.3. The molecule has 1 aromatic carbocycles.